The number of nitrogens with zero attached hydrogens (tertiary/aromatic N) is 1. The molecule has 92 valence electrons. The summed E-state index contributed by atoms with van der Waals surface area (Å²) in [6.45, 7) is 1.98. The minimum atomic E-state index is -0.502. The number of hydrogen-bond donors (Lipinski definition) is 1. The maximum absolute atomic E-state index is 11.1. The van der Waals surface area contributed by atoms with E-state index in [1.165, 1.54) is 18.9 Å². The van der Waals surface area contributed by atoms with Crippen LogP contribution >= 0.6 is 11.8 Å². The third kappa shape index (κ3) is 4.48. The Kier molecular flexibility index (Phi) is 5.56. The summed E-state index contributed by atoms with van der Waals surface area (Å²) < 4.78 is 4.53. The Labute approximate surface area is 105 Å². The van der Waals surface area contributed by atoms with Crippen molar-refractivity contribution in [3.05, 3.63) is 35.9 Å². The van der Waals surface area contributed by atoms with Crippen molar-refractivity contribution in [2.45, 2.75) is 13.0 Å². The summed E-state index contributed by atoms with van der Waals surface area (Å²) in [6.07, 6.45) is 1.35. The first-order valence-electron chi connectivity index (χ1n) is 5.19. The molecule has 0 spiro atoms. The van der Waals surface area contributed by atoms with Gasteiger partial charge in [-0.1, -0.05) is 42.1 Å². The van der Waals surface area contributed by atoms with Gasteiger partial charge in [-0.25, -0.2) is 4.79 Å². The molecule has 0 saturated carbocycles. The van der Waals surface area contributed by atoms with E-state index < -0.39 is 6.09 Å². The molecule has 1 atom stereocenters. The summed E-state index contributed by atoms with van der Waals surface area (Å²) in [5.74, 6) is 0. The van der Waals surface area contributed by atoms with Crippen LogP contribution < -0.4 is 5.32 Å². The largest absolute Gasteiger partial charge is 0.453 e. The van der Waals surface area contributed by atoms with E-state index in [-0.39, 0.29) is 6.04 Å². The lowest BCUT2D eigenvalue weighted by Gasteiger charge is -2.10. The van der Waals surface area contributed by atoms with Crippen LogP contribution in [-0.2, 0) is 4.74 Å². The molecule has 1 amide bonds. The molecule has 17 heavy (non-hydrogen) atoms. The Balaban J connectivity index is 2.74. The Hall–Kier alpha value is -1.49. The highest BCUT2D eigenvalue weighted by atomic mass is 32.2. The van der Waals surface area contributed by atoms with E-state index >= 15 is 0 Å². The minimum absolute atomic E-state index is 0.00388. The van der Waals surface area contributed by atoms with Gasteiger partial charge in [0.25, 0.3) is 0 Å². The predicted molar refractivity (Wildman–Crippen MR) is 71.3 cm³/mol. The molecular weight excluding hydrogens is 236 g/mol. The summed E-state index contributed by atoms with van der Waals surface area (Å²) in [6, 6.07) is 9.90. The first-order valence-corrected chi connectivity index (χ1v) is 6.41. The summed E-state index contributed by atoms with van der Waals surface area (Å²) in [4.78, 5) is 15.5. The Morgan fingerprint density at radius 3 is 2.59 bits per heavy atom. The zero-order valence-corrected chi connectivity index (χ0v) is 11.0. The number of alkyl carbamates (subject to hydrolysis) is 1. The number of carbonyl (C=O) groups excluding carboxylic acids is 1. The summed E-state index contributed by atoms with van der Waals surface area (Å²) in [5, 5.41) is 3.12. The summed E-state index contributed by atoms with van der Waals surface area (Å²) in [5.41, 5.74) is 1.10. The average molecular weight is 252 g/mol. The fraction of sp³-hybridized carbons (Fsp3) is 0.333. The Morgan fingerprint density at radius 2 is 2.06 bits per heavy atom. The molecule has 1 aromatic rings. The number of carbonyl (C=O) groups is 1. The molecule has 0 heterocycles. The molecule has 0 bridgehead atoms. The normalized spacial score (nSPS) is 13.0. The van der Waals surface area contributed by atoms with Gasteiger partial charge in [0.15, 0.2) is 5.17 Å². The number of amidine groups is 1. The molecule has 1 rings (SSSR count). The molecule has 4 nitrogen and oxygen atoms in total. The van der Waals surface area contributed by atoms with Gasteiger partial charge >= 0.3 is 6.09 Å². The number of thioether (sulfide) groups is 1. The van der Waals surface area contributed by atoms with E-state index in [2.05, 4.69) is 15.0 Å². The maximum Gasteiger partial charge on any atom is 0.412 e. The first-order chi connectivity index (χ1) is 8.17. The number of ether oxygens (including phenoxy) is 1. The summed E-state index contributed by atoms with van der Waals surface area (Å²) >= 11 is 1.37. The van der Waals surface area contributed by atoms with Gasteiger partial charge in [0, 0.05) is 0 Å². The monoisotopic (exact) mass is 252 g/mol. The van der Waals surface area contributed by atoms with Crippen molar-refractivity contribution < 1.29 is 9.53 Å². The molecule has 0 radical (unpaired) electrons. The van der Waals surface area contributed by atoms with Crippen LogP contribution in [0.5, 0.6) is 0 Å². The molecule has 0 aliphatic rings. The van der Waals surface area contributed by atoms with Crippen LogP contribution in [0.1, 0.15) is 18.5 Å². The van der Waals surface area contributed by atoms with Gasteiger partial charge in [0.05, 0.1) is 13.2 Å². The maximum atomic E-state index is 11.1. The molecule has 0 aliphatic carbocycles. The molecule has 0 saturated heterocycles. The zero-order valence-electron chi connectivity index (χ0n) is 10.1. The summed E-state index contributed by atoms with van der Waals surface area (Å²) in [7, 11) is 1.33. The van der Waals surface area contributed by atoms with Crippen LogP contribution in [0.25, 0.3) is 0 Å². The number of rotatable bonds is 2. The second-order valence-corrected chi connectivity index (χ2v) is 4.14. The second-order valence-electron chi connectivity index (χ2n) is 3.34. The molecule has 1 N–H and O–H groups in total. The number of aliphatic imine (C=N–C) groups is 1. The average Bonchev–Trinajstić information content (AvgIpc) is 2.38. The van der Waals surface area contributed by atoms with Gasteiger partial charge in [0.1, 0.15) is 0 Å². The van der Waals surface area contributed by atoms with Gasteiger partial charge in [-0.05, 0) is 18.7 Å². The fourth-order valence-electron chi connectivity index (χ4n) is 1.26. The van der Waals surface area contributed by atoms with Crippen molar-refractivity contribution in [1.82, 2.24) is 5.32 Å². The van der Waals surface area contributed by atoms with Crippen LogP contribution in [0.15, 0.2) is 35.3 Å². The highest BCUT2D eigenvalue weighted by Gasteiger charge is 2.08. The molecule has 0 fully saturated rings. The van der Waals surface area contributed by atoms with E-state index in [9.17, 15) is 4.79 Å². The van der Waals surface area contributed by atoms with Gasteiger partial charge in [-0.3, -0.25) is 10.3 Å². The van der Waals surface area contributed by atoms with Crippen LogP contribution in [-0.4, -0.2) is 24.6 Å². The third-order valence-electron chi connectivity index (χ3n) is 2.18. The van der Waals surface area contributed by atoms with E-state index in [1.807, 2.05) is 43.5 Å². The lowest BCUT2D eigenvalue weighted by molar-refractivity contribution is 0.177. The fourth-order valence-corrected chi connectivity index (χ4v) is 1.71. The highest BCUT2D eigenvalue weighted by molar-refractivity contribution is 8.13. The van der Waals surface area contributed by atoms with Crippen molar-refractivity contribution >= 4 is 23.0 Å². The quantitative estimate of drug-likeness (QED) is 0.650. The van der Waals surface area contributed by atoms with Crippen molar-refractivity contribution in [1.29, 1.82) is 0 Å². The molecule has 1 unspecified atom stereocenters. The number of benzene rings is 1. The van der Waals surface area contributed by atoms with Crippen molar-refractivity contribution in [3.63, 3.8) is 0 Å². The van der Waals surface area contributed by atoms with Crippen molar-refractivity contribution in [2.24, 2.45) is 4.99 Å². The second kappa shape index (κ2) is 6.96. The number of amides is 1. The highest BCUT2D eigenvalue weighted by Crippen LogP contribution is 2.17. The van der Waals surface area contributed by atoms with Gasteiger partial charge in [0.2, 0.25) is 0 Å². The van der Waals surface area contributed by atoms with E-state index in [0.717, 1.165) is 5.56 Å². The zero-order chi connectivity index (χ0) is 12.7. The topological polar surface area (TPSA) is 50.7 Å². The lowest BCUT2D eigenvalue weighted by Crippen LogP contribution is -2.28. The number of hydrogen-bond acceptors (Lipinski definition) is 4. The van der Waals surface area contributed by atoms with Gasteiger partial charge < -0.3 is 4.74 Å². The van der Waals surface area contributed by atoms with Crippen LogP contribution in [0.2, 0.25) is 0 Å². The van der Waals surface area contributed by atoms with E-state index in [4.69, 9.17) is 0 Å². The van der Waals surface area contributed by atoms with Gasteiger partial charge in [-0.15, -0.1) is 0 Å². The molecule has 0 aliphatic heterocycles. The van der Waals surface area contributed by atoms with E-state index in [0.29, 0.717) is 5.17 Å². The minimum Gasteiger partial charge on any atom is -0.453 e. The van der Waals surface area contributed by atoms with Crippen LogP contribution in [0.4, 0.5) is 4.79 Å². The number of nitrogens with one attached hydrogen (secondary N) is 1. The van der Waals surface area contributed by atoms with E-state index in [1.54, 1.807) is 0 Å². The smallest absolute Gasteiger partial charge is 0.412 e. The molecule has 5 heteroatoms. The molecular formula is C12H16N2O2S. The standard InChI is InChI=1S/C12H16N2O2S/c1-9(10-7-5-4-6-8-10)13-11(17-3)14-12(15)16-2/h4-9H,1-3H3,(H,13,14,15). The Morgan fingerprint density at radius 1 is 1.41 bits per heavy atom. The SMILES string of the molecule is COC(=O)NC(=NC(C)c1ccccc1)SC. The predicted octanol–water partition coefficient (Wildman–Crippen LogP) is 2.82. The first kappa shape index (κ1) is 13.6. The number of methoxy groups -OCH3 is 1. The molecule has 0 aromatic heterocycles. The van der Waals surface area contributed by atoms with Crippen molar-refractivity contribution in [3.8, 4) is 0 Å². The van der Waals surface area contributed by atoms with Gasteiger partial charge in [-0.2, -0.15) is 0 Å². The molecule has 1 aromatic carbocycles. The Bertz CT molecular complexity index is 393. The van der Waals surface area contributed by atoms with Crippen molar-refractivity contribution in [2.75, 3.05) is 13.4 Å². The third-order valence-corrected chi connectivity index (χ3v) is 2.77. The van der Waals surface area contributed by atoms with Crippen LogP contribution in [0.3, 0.4) is 0 Å². The van der Waals surface area contributed by atoms with Crippen LogP contribution in [0, 0.1) is 0 Å². The lowest BCUT2D eigenvalue weighted by atomic mass is 10.1.